The molecule has 0 bridgehead atoms. The topological polar surface area (TPSA) is 240 Å². The quantitative estimate of drug-likeness (QED) is 0.0883. The third kappa shape index (κ3) is 8.52. The Morgan fingerprint density at radius 3 is 2.53 bits per heavy atom. The summed E-state index contributed by atoms with van der Waals surface area (Å²) < 4.78 is 12.9. The molecule has 18 heteroatoms. The van der Waals surface area contributed by atoms with Crippen LogP contribution in [0.2, 0.25) is 0 Å². The highest BCUT2D eigenvalue weighted by Gasteiger charge is 2.45. The highest BCUT2D eigenvalue weighted by Crippen LogP contribution is 2.32. The Balaban J connectivity index is 0.713. The highest BCUT2D eigenvalue weighted by molar-refractivity contribution is 6.24. The zero-order valence-electron chi connectivity index (χ0n) is 32.1. The second-order valence-corrected chi connectivity index (χ2v) is 15.1. The highest BCUT2D eigenvalue weighted by atomic mass is 16.5. The van der Waals surface area contributed by atoms with Crippen LogP contribution >= 0.6 is 0 Å². The maximum absolute atomic E-state index is 13.4. The van der Waals surface area contributed by atoms with Gasteiger partial charge in [0.1, 0.15) is 12.1 Å². The molecule has 3 aromatic heterocycles. The first-order chi connectivity index (χ1) is 28.7. The van der Waals surface area contributed by atoms with E-state index in [4.69, 9.17) is 9.47 Å². The maximum atomic E-state index is 13.4. The van der Waals surface area contributed by atoms with E-state index < -0.39 is 29.7 Å². The van der Waals surface area contributed by atoms with Gasteiger partial charge >= 0.3 is 0 Å². The van der Waals surface area contributed by atoms with Crippen molar-refractivity contribution in [3.05, 3.63) is 76.7 Å². The van der Waals surface area contributed by atoms with E-state index in [-0.39, 0.29) is 48.2 Å². The molecule has 1 atom stereocenters. The largest absolute Gasteiger partial charge is 0.382 e. The molecule has 59 heavy (non-hydrogen) atoms. The van der Waals surface area contributed by atoms with Gasteiger partial charge in [-0.25, -0.2) is 9.97 Å². The lowest BCUT2D eigenvalue weighted by Gasteiger charge is -2.34. The minimum atomic E-state index is -1.01. The maximum Gasteiger partial charge on any atom is 0.262 e. The third-order valence-electron chi connectivity index (χ3n) is 10.9. The number of hydrogen-bond donors (Lipinski definition) is 4. The predicted molar refractivity (Wildman–Crippen MR) is 208 cm³/mol. The van der Waals surface area contributed by atoms with Gasteiger partial charge in [0, 0.05) is 61.4 Å². The van der Waals surface area contributed by atoms with E-state index in [0.29, 0.717) is 103 Å². The van der Waals surface area contributed by atoms with Crippen molar-refractivity contribution in [3.8, 4) is 11.9 Å². The Morgan fingerprint density at radius 2 is 1.75 bits per heavy atom. The van der Waals surface area contributed by atoms with Gasteiger partial charge in [-0.3, -0.25) is 39.0 Å². The second kappa shape index (κ2) is 17.1. The van der Waals surface area contributed by atoms with Gasteiger partial charge in [0.05, 0.1) is 54.0 Å². The first-order valence-corrected chi connectivity index (χ1v) is 19.8. The van der Waals surface area contributed by atoms with E-state index in [9.17, 15) is 34.0 Å². The lowest BCUT2D eigenvalue weighted by atomic mass is 9.79. The van der Waals surface area contributed by atoms with Gasteiger partial charge in [-0.05, 0) is 62.6 Å². The van der Waals surface area contributed by atoms with Gasteiger partial charge in [-0.2, -0.15) is 15.0 Å². The molecular weight excluding hydrogens is 761 g/mol. The number of hydrogen-bond acceptors (Lipinski definition) is 13. The van der Waals surface area contributed by atoms with Crippen molar-refractivity contribution in [2.45, 2.75) is 69.5 Å². The van der Waals surface area contributed by atoms with Crippen molar-refractivity contribution in [2.24, 2.45) is 5.92 Å². The molecule has 0 radical (unpaired) electrons. The van der Waals surface area contributed by atoms with Crippen molar-refractivity contribution in [1.82, 2.24) is 40.6 Å². The average molecular weight is 803 g/mol. The van der Waals surface area contributed by atoms with Crippen LogP contribution < -0.4 is 21.3 Å². The van der Waals surface area contributed by atoms with Crippen LogP contribution in [-0.2, 0) is 30.3 Å². The summed E-state index contributed by atoms with van der Waals surface area (Å²) in [6.45, 7) is 1.71. The van der Waals surface area contributed by atoms with E-state index in [1.165, 1.54) is 12.4 Å². The number of fused-ring (bicyclic) bond motifs is 2. The molecule has 1 saturated heterocycles. The molecule has 304 valence electrons. The Bertz CT molecular complexity index is 2380. The summed E-state index contributed by atoms with van der Waals surface area (Å²) in [6.07, 6.45) is 8.91. The lowest BCUT2D eigenvalue weighted by molar-refractivity contribution is -0.136. The Kier molecular flexibility index (Phi) is 11.4. The number of rotatable bonds is 17. The number of benzene rings is 1. The SMILES string of the molecule is N#Cc1cnc2c(cnn2-c2cc(NC3CC3)c(C(=O)NC3CC(C(=O)NCCOCCOCCCc4cccc5c4C(=O)N(C4CCC(=O)NC4=O)C5=O)C3)cn2)c1. The molecule has 3 fully saturated rings. The van der Waals surface area contributed by atoms with Gasteiger partial charge in [-0.15, -0.1) is 0 Å². The van der Waals surface area contributed by atoms with Crippen LogP contribution in [0.5, 0.6) is 0 Å². The number of nitrogens with one attached hydrogen (secondary N) is 4. The molecule has 0 spiro atoms. The van der Waals surface area contributed by atoms with E-state index in [0.717, 1.165) is 17.7 Å². The molecule has 4 aromatic rings. The van der Waals surface area contributed by atoms with Gasteiger partial charge in [0.25, 0.3) is 17.7 Å². The summed E-state index contributed by atoms with van der Waals surface area (Å²) in [5.74, 6) is -2.21. The summed E-state index contributed by atoms with van der Waals surface area (Å²) >= 11 is 0. The number of imide groups is 2. The third-order valence-corrected chi connectivity index (χ3v) is 10.9. The normalized spacial score (nSPS) is 19.8. The molecule has 18 nitrogen and oxygen atoms in total. The molecule has 1 aromatic carbocycles. The number of carbonyl (C=O) groups excluding carboxylic acids is 6. The first kappa shape index (κ1) is 39.3. The molecule has 2 aliphatic heterocycles. The van der Waals surface area contributed by atoms with Crippen molar-refractivity contribution in [2.75, 3.05) is 38.3 Å². The number of aromatic nitrogens is 4. The van der Waals surface area contributed by atoms with Crippen molar-refractivity contribution < 1.29 is 38.2 Å². The number of anilines is 1. The van der Waals surface area contributed by atoms with E-state index in [1.807, 2.05) is 0 Å². The summed E-state index contributed by atoms with van der Waals surface area (Å²) in [7, 11) is 0. The zero-order valence-corrected chi connectivity index (χ0v) is 32.1. The number of aryl methyl sites for hydroxylation is 1. The second-order valence-electron chi connectivity index (χ2n) is 15.1. The minimum Gasteiger partial charge on any atom is -0.382 e. The number of amides is 6. The van der Waals surface area contributed by atoms with Crippen LogP contribution in [0.4, 0.5) is 5.69 Å². The van der Waals surface area contributed by atoms with Gasteiger partial charge < -0.3 is 25.4 Å². The smallest absolute Gasteiger partial charge is 0.262 e. The molecule has 4 aliphatic rings. The Labute approximate surface area is 338 Å². The van der Waals surface area contributed by atoms with E-state index in [1.54, 1.807) is 41.2 Å². The number of pyridine rings is 2. The fraction of sp³-hybridized carbons (Fsp3) is 0.415. The minimum absolute atomic E-state index is 0.0617. The number of ether oxygens (including phenoxy) is 2. The fourth-order valence-corrected chi connectivity index (χ4v) is 7.54. The summed E-state index contributed by atoms with van der Waals surface area (Å²) in [6, 6.07) is 9.75. The number of nitrogens with zero attached hydrogens (tertiary/aromatic N) is 6. The first-order valence-electron chi connectivity index (χ1n) is 19.8. The van der Waals surface area contributed by atoms with Crippen molar-refractivity contribution >= 4 is 52.2 Å². The number of carbonyl (C=O) groups is 6. The predicted octanol–water partition coefficient (Wildman–Crippen LogP) is 1.95. The average Bonchev–Trinajstić information content (AvgIpc) is 3.87. The monoisotopic (exact) mass is 802 g/mol. The lowest BCUT2D eigenvalue weighted by Crippen LogP contribution is -2.54. The Hall–Kier alpha value is -6.58. The van der Waals surface area contributed by atoms with Gasteiger partial charge in [-0.1, -0.05) is 12.1 Å². The Morgan fingerprint density at radius 1 is 0.932 bits per heavy atom. The standard InChI is InChI=1S/C41H42N10O8/c42-19-23-15-26-21-46-51(36(26)45-20-23)33-18-31(47-27-6-7-27)30(22-44-33)38(54)48-28-16-25(17-28)37(53)43-10-12-59-14-13-58-11-2-4-24-3-1-5-29-35(24)41(57)50(40(29)56)32-8-9-34(52)49-39(32)55/h1,3,5,15,18,20-22,25,27-28,32H,2,4,6-14,16-17H2,(H,43,53)(H,44,47)(H,48,54)(H,49,52,55). The fourth-order valence-electron chi connectivity index (χ4n) is 7.54. The van der Waals surface area contributed by atoms with Crippen LogP contribution in [0.1, 0.15) is 87.1 Å². The molecule has 4 N–H and O–H groups in total. The van der Waals surface area contributed by atoms with Crippen LogP contribution in [0.3, 0.4) is 0 Å². The van der Waals surface area contributed by atoms with Gasteiger partial charge in [0.2, 0.25) is 17.7 Å². The van der Waals surface area contributed by atoms with Crippen LogP contribution in [0.15, 0.2) is 48.9 Å². The zero-order chi connectivity index (χ0) is 41.0. The molecule has 6 amide bonds. The van der Waals surface area contributed by atoms with Crippen LogP contribution in [0, 0.1) is 17.2 Å². The number of nitriles is 1. The molecule has 2 aliphatic carbocycles. The van der Waals surface area contributed by atoms with Crippen LogP contribution in [-0.4, -0.2) is 111 Å². The molecule has 8 rings (SSSR count). The molecular formula is C41H42N10O8. The summed E-state index contributed by atoms with van der Waals surface area (Å²) in [4.78, 5) is 86.2. The summed E-state index contributed by atoms with van der Waals surface area (Å²) in [5, 5.41) is 25.9. The van der Waals surface area contributed by atoms with Crippen molar-refractivity contribution in [1.29, 1.82) is 5.26 Å². The molecule has 1 unspecified atom stereocenters. The summed E-state index contributed by atoms with van der Waals surface area (Å²) in [5.41, 5.74) is 3.27. The van der Waals surface area contributed by atoms with Crippen molar-refractivity contribution in [3.63, 3.8) is 0 Å². The molecule has 2 saturated carbocycles. The van der Waals surface area contributed by atoms with Gasteiger partial charge in [0.15, 0.2) is 11.5 Å². The molecule has 5 heterocycles. The number of piperidine rings is 1. The van der Waals surface area contributed by atoms with E-state index in [2.05, 4.69) is 42.4 Å². The van der Waals surface area contributed by atoms with E-state index >= 15 is 0 Å². The van der Waals surface area contributed by atoms with Crippen LogP contribution in [0.25, 0.3) is 16.9 Å².